The van der Waals surface area contributed by atoms with Crippen molar-refractivity contribution in [2.24, 2.45) is 5.92 Å². The maximum Gasteiger partial charge on any atom is 0.397 e. The molecule has 1 heterocycles. The predicted molar refractivity (Wildman–Crippen MR) is 94.6 cm³/mol. The fourth-order valence-electron chi connectivity index (χ4n) is 2.59. The van der Waals surface area contributed by atoms with E-state index in [9.17, 15) is 22.8 Å². The summed E-state index contributed by atoms with van der Waals surface area (Å²) in [5, 5.41) is 2.76. The first-order valence-electron chi connectivity index (χ1n) is 8.78. The Balaban J connectivity index is 1.89. The van der Waals surface area contributed by atoms with Gasteiger partial charge in [0.1, 0.15) is 12.2 Å². The third-order valence-corrected chi connectivity index (χ3v) is 3.97. The van der Waals surface area contributed by atoms with Gasteiger partial charge in [-0.15, -0.1) is 0 Å². The van der Waals surface area contributed by atoms with E-state index in [1.54, 1.807) is 24.3 Å². The number of hydrogen-bond donors (Lipinski definition) is 1. The first-order chi connectivity index (χ1) is 12.7. The summed E-state index contributed by atoms with van der Waals surface area (Å²) >= 11 is 0. The number of piperazine rings is 1. The number of nitrogens with zero attached hydrogens (tertiary/aromatic N) is 2. The summed E-state index contributed by atoms with van der Waals surface area (Å²) in [7, 11) is 0. The van der Waals surface area contributed by atoms with Crippen molar-refractivity contribution in [3.05, 3.63) is 24.3 Å². The molecule has 1 saturated heterocycles. The van der Waals surface area contributed by atoms with Crippen molar-refractivity contribution in [2.75, 3.05) is 38.1 Å². The largest absolute Gasteiger partial charge is 0.491 e. The molecule has 1 aliphatic heterocycles. The number of nitrogens with one attached hydrogen (secondary N) is 1. The summed E-state index contributed by atoms with van der Waals surface area (Å²) in [6, 6.07) is 6.67. The van der Waals surface area contributed by atoms with Gasteiger partial charge < -0.3 is 19.9 Å². The van der Waals surface area contributed by atoms with E-state index in [-0.39, 0.29) is 32.2 Å². The van der Waals surface area contributed by atoms with E-state index in [1.165, 1.54) is 4.90 Å². The van der Waals surface area contributed by atoms with Crippen LogP contribution >= 0.6 is 0 Å². The second-order valence-corrected chi connectivity index (χ2v) is 6.79. The van der Waals surface area contributed by atoms with Gasteiger partial charge in [0, 0.05) is 26.2 Å². The number of carbonyl (C=O) groups excluding carboxylic acids is 2. The van der Waals surface area contributed by atoms with Gasteiger partial charge in [0.15, 0.2) is 0 Å². The number of halogens is 3. The van der Waals surface area contributed by atoms with E-state index >= 15 is 0 Å². The Morgan fingerprint density at radius 2 is 1.70 bits per heavy atom. The summed E-state index contributed by atoms with van der Waals surface area (Å²) in [6.07, 6.45) is -5.99. The topological polar surface area (TPSA) is 61.9 Å². The average molecular weight is 387 g/mol. The van der Waals surface area contributed by atoms with Crippen molar-refractivity contribution in [3.63, 3.8) is 0 Å². The SMILES string of the molecule is CC(C)COc1ccccc1NC(=O)N1CCN(C(=O)CC(F)(F)F)CC1. The lowest BCUT2D eigenvalue weighted by atomic mass is 10.2. The zero-order chi connectivity index (χ0) is 20.0. The van der Waals surface area contributed by atoms with Gasteiger partial charge in [-0.05, 0) is 18.1 Å². The van der Waals surface area contributed by atoms with E-state index in [1.807, 2.05) is 13.8 Å². The number of anilines is 1. The molecule has 1 aromatic rings. The Hall–Kier alpha value is -2.45. The molecule has 1 aromatic carbocycles. The summed E-state index contributed by atoms with van der Waals surface area (Å²) in [5.74, 6) is -0.0791. The monoisotopic (exact) mass is 387 g/mol. The fraction of sp³-hybridized carbons (Fsp3) is 0.556. The van der Waals surface area contributed by atoms with Crippen LogP contribution in [0.4, 0.5) is 23.7 Å². The van der Waals surface area contributed by atoms with Gasteiger partial charge in [-0.2, -0.15) is 13.2 Å². The number of rotatable bonds is 5. The lowest BCUT2D eigenvalue weighted by Gasteiger charge is -2.35. The van der Waals surface area contributed by atoms with E-state index < -0.39 is 18.5 Å². The highest BCUT2D eigenvalue weighted by atomic mass is 19.4. The molecule has 3 amide bonds. The Bertz CT molecular complexity index is 657. The van der Waals surface area contributed by atoms with Crippen molar-refractivity contribution in [1.29, 1.82) is 0 Å². The molecule has 1 aliphatic rings. The van der Waals surface area contributed by atoms with Crippen LogP contribution in [0.1, 0.15) is 20.3 Å². The Labute approximate surface area is 156 Å². The Kier molecular flexibility index (Phi) is 6.92. The van der Waals surface area contributed by atoms with Gasteiger partial charge in [-0.25, -0.2) is 4.79 Å². The van der Waals surface area contributed by atoms with Crippen LogP contribution in [0.3, 0.4) is 0 Å². The zero-order valence-electron chi connectivity index (χ0n) is 15.4. The molecule has 0 aliphatic carbocycles. The number of para-hydroxylation sites is 2. The molecule has 0 aromatic heterocycles. The van der Waals surface area contributed by atoms with Crippen LogP contribution in [0.2, 0.25) is 0 Å². The molecule has 1 N–H and O–H groups in total. The van der Waals surface area contributed by atoms with Crippen LogP contribution in [0, 0.1) is 5.92 Å². The fourth-order valence-corrected chi connectivity index (χ4v) is 2.59. The van der Waals surface area contributed by atoms with Crippen molar-refractivity contribution < 1.29 is 27.5 Å². The highest BCUT2D eigenvalue weighted by Crippen LogP contribution is 2.25. The molecule has 6 nitrogen and oxygen atoms in total. The summed E-state index contributed by atoms with van der Waals surface area (Å²) in [6.45, 7) is 5.03. The second kappa shape index (κ2) is 8.96. The molecule has 0 atom stereocenters. The maximum atomic E-state index is 12.4. The normalized spacial score (nSPS) is 15.0. The summed E-state index contributed by atoms with van der Waals surface area (Å²) < 4.78 is 42.7. The van der Waals surface area contributed by atoms with Crippen LogP contribution < -0.4 is 10.1 Å². The van der Waals surface area contributed by atoms with Crippen molar-refractivity contribution in [1.82, 2.24) is 9.80 Å². The molecule has 0 saturated carbocycles. The number of carbonyl (C=O) groups is 2. The van der Waals surface area contributed by atoms with E-state index in [2.05, 4.69) is 5.32 Å². The maximum absolute atomic E-state index is 12.4. The van der Waals surface area contributed by atoms with Crippen LogP contribution in [0.25, 0.3) is 0 Å². The van der Waals surface area contributed by atoms with Crippen molar-refractivity contribution in [2.45, 2.75) is 26.4 Å². The molecule has 1 fully saturated rings. The van der Waals surface area contributed by atoms with Crippen molar-refractivity contribution in [3.8, 4) is 5.75 Å². The first kappa shape index (κ1) is 20.9. The number of benzene rings is 1. The molecule has 9 heteroatoms. The Morgan fingerprint density at radius 3 is 2.30 bits per heavy atom. The molecule has 27 heavy (non-hydrogen) atoms. The van der Waals surface area contributed by atoms with Crippen LogP contribution in [0.5, 0.6) is 5.75 Å². The van der Waals surface area contributed by atoms with Crippen LogP contribution in [-0.4, -0.2) is 60.7 Å². The third kappa shape index (κ3) is 6.65. The molecule has 150 valence electrons. The summed E-state index contributed by atoms with van der Waals surface area (Å²) in [4.78, 5) is 26.7. The predicted octanol–water partition coefficient (Wildman–Crippen LogP) is 3.35. The third-order valence-electron chi connectivity index (χ3n) is 3.97. The lowest BCUT2D eigenvalue weighted by Crippen LogP contribution is -2.52. The van der Waals surface area contributed by atoms with Crippen LogP contribution in [-0.2, 0) is 4.79 Å². The molecule has 0 spiro atoms. The summed E-state index contributed by atoms with van der Waals surface area (Å²) in [5.41, 5.74) is 0.527. The van der Waals surface area contributed by atoms with Gasteiger partial charge in [-0.3, -0.25) is 4.79 Å². The minimum absolute atomic E-state index is 0.0772. The zero-order valence-corrected chi connectivity index (χ0v) is 15.4. The van der Waals surface area contributed by atoms with Crippen LogP contribution in [0.15, 0.2) is 24.3 Å². The number of ether oxygens (including phenoxy) is 1. The number of urea groups is 1. The molecular formula is C18H24F3N3O3. The van der Waals surface area contributed by atoms with Crippen molar-refractivity contribution >= 4 is 17.6 Å². The van der Waals surface area contributed by atoms with E-state index in [0.717, 1.165) is 4.90 Å². The van der Waals surface area contributed by atoms with Gasteiger partial charge in [-0.1, -0.05) is 26.0 Å². The molecular weight excluding hydrogens is 363 g/mol. The van der Waals surface area contributed by atoms with Gasteiger partial charge in [0.2, 0.25) is 5.91 Å². The smallest absolute Gasteiger partial charge is 0.397 e. The molecule has 0 bridgehead atoms. The number of amides is 3. The molecule has 0 unspecified atom stereocenters. The highest BCUT2D eigenvalue weighted by Gasteiger charge is 2.34. The molecule has 0 radical (unpaired) electrons. The standard InChI is InChI=1S/C18H24F3N3O3/c1-13(2)12-27-15-6-4-3-5-14(15)22-17(26)24-9-7-23(8-10-24)16(25)11-18(19,20)21/h3-6,13H,7-12H2,1-2H3,(H,22,26). The number of alkyl halides is 3. The number of hydrogen-bond acceptors (Lipinski definition) is 3. The van der Waals surface area contributed by atoms with E-state index in [0.29, 0.717) is 24.0 Å². The average Bonchev–Trinajstić information content (AvgIpc) is 2.59. The molecule has 2 rings (SSSR count). The Morgan fingerprint density at radius 1 is 1.11 bits per heavy atom. The highest BCUT2D eigenvalue weighted by molar-refractivity contribution is 5.91. The van der Waals surface area contributed by atoms with Gasteiger partial charge in [0.05, 0.1) is 12.3 Å². The minimum atomic E-state index is -4.52. The lowest BCUT2D eigenvalue weighted by molar-refractivity contribution is -0.162. The van der Waals surface area contributed by atoms with Gasteiger partial charge >= 0.3 is 12.2 Å². The van der Waals surface area contributed by atoms with Gasteiger partial charge in [0.25, 0.3) is 0 Å². The quantitative estimate of drug-likeness (QED) is 0.843. The first-order valence-corrected chi connectivity index (χ1v) is 8.78. The van der Waals surface area contributed by atoms with E-state index in [4.69, 9.17) is 4.74 Å². The second-order valence-electron chi connectivity index (χ2n) is 6.79. The minimum Gasteiger partial charge on any atom is -0.491 e.